The third-order valence-corrected chi connectivity index (χ3v) is 3.63. The molecule has 82 valence electrons. The van der Waals surface area contributed by atoms with E-state index in [1.54, 1.807) is 0 Å². The van der Waals surface area contributed by atoms with E-state index in [2.05, 4.69) is 26.0 Å². The van der Waals surface area contributed by atoms with Crippen LogP contribution in [0, 0.1) is 0 Å². The highest BCUT2D eigenvalue weighted by Gasteiger charge is 2.31. The SMILES string of the molecule is CC1N=C(Cl)c2c(C(F)F)cnn2C1Br. The van der Waals surface area contributed by atoms with Gasteiger partial charge < -0.3 is 0 Å². The Morgan fingerprint density at radius 3 is 2.87 bits per heavy atom. The van der Waals surface area contributed by atoms with Gasteiger partial charge in [-0.2, -0.15) is 5.10 Å². The molecule has 1 aliphatic rings. The van der Waals surface area contributed by atoms with Crippen LogP contribution >= 0.6 is 27.5 Å². The molecule has 15 heavy (non-hydrogen) atoms. The molecule has 1 aromatic rings. The molecule has 0 saturated heterocycles. The summed E-state index contributed by atoms with van der Waals surface area (Å²) in [5.74, 6) is 0. The molecule has 2 heterocycles. The Kier molecular flexibility index (Phi) is 2.81. The third-order valence-electron chi connectivity index (χ3n) is 2.20. The van der Waals surface area contributed by atoms with Crippen molar-refractivity contribution in [1.29, 1.82) is 0 Å². The Balaban J connectivity index is 2.57. The zero-order valence-corrected chi connectivity index (χ0v) is 10.0. The molecule has 7 heteroatoms. The van der Waals surface area contributed by atoms with E-state index in [1.165, 1.54) is 4.68 Å². The summed E-state index contributed by atoms with van der Waals surface area (Å²) < 4.78 is 26.6. The molecule has 2 unspecified atom stereocenters. The lowest BCUT2D eigenvalue weighted by Crippen LogP contribution is -2.25. The van der Waals surface area contributed by atoms with E-state index in [-0.39, 0.29) is 27.4 Å². The number of alkyl halides is 3. The van der Waals surface area contributed by atoms with Crippen LogP contribution < -0.4 is 0 Å². The lowest BCUT2D eigenvalue weighted by atomic mass is 10.2. The van der Waals surface area contributed by atoms with Crippen molar-refractivity contribution < 1.29 is 8.78 Å². The van der Waals surface area contributed by atoms with Crippen molar-refractivity contribution >= 4 is 32.7 Å². The molecular weight excluding hydrogens is 291 g/mol. The first-order valence-electron chi connectivity index (χ1n) is 4.25. The summed E-state index contributed by atoms with van der Waals surface area (Å²) in [6.45, 7) is 1.83. The maximum absolute atomic E-state index is 12.6. The highest BCUT2D eigenvalue weighted by Crippen LogP contribution is 2.33. The van der Waals surface area contributed by atoms with Crippen molar-refractivity contribution in [2.45, 2.75) is 24.3 Å². The summed E-state index contributed by atoms with van der Waals surface area (Å²) in [7, 11) is 0. The average Bonchev–Trinajstić information content (AvgIpc) is 2.58. The van der Waals surface area contributed by atoms with E-state index in [0.717, 1.165) is 6.20 Å². The molecule has 0 spiro atoms. The van der Waals surface area contributed by atoms with E-state index in [9.17, 15) is 8.78 Å². The monoisotopic (exact) mass is 297 g/mol. The van der Waals surface area contributed by atoms with Crippen LogP contribution in [0.25, 0.3) is 0 Å². The van der Waals surface area contributed by atoms with Crippen molar-refractivity contribution in [3.05, 3.63) is 17.5 Å². The Labute approximate surface area is 98.3 Å². The minimum atomic E-state index is -2.59. The minimum absolute atomic E-state index is 0.0889. The van der Waals surface area contributed by atoms with Crippen molar-refractivity contribution in [3.8, 4) is 0 Å². The van der Waals surface area contributed by atoms with Gasteiger partial charge in [0.1, 0.15) is 15.8 Å². The second-order valence-electron chi connectivity index (χ2n) is 3.23. The van der Waals surface area contributed by atoms with Gasteiger partial charge in [-0.1, -0.05) is 27.5 Å². The fraction of sp³-hybridized carbons (Fsp3) is 0.500. The predicted molar refractivity (Wildman–Crippen MR) is 57.0 cm³/mol. The number of fused-ring (bicyclic) bond motifs is 1. The molecule has 0 aromatic carbocycles. The second-order valence-corrected chi connectivity index (χ2v) is 4.52. The van der Waals surface area contributed by atoms with E-state index in [1.807, 2.05) is 6.92 Å². The molecule has 1 aromatic heterocycles. The lowest BCUT2D eigenvalue weighted by molar-refractivity contribution is 0.151. The standard InChI is InChI=1S/C8H7BrClF2N3/c1-3-6(9)15-5(7(10)14-3)4(2-13-15)8(11)12/h2-3,6,8H,1H3. The van der Waals surface area contributed by atoms with Gasteiger partial charge in [0.2, 0.25) is 0 Å². The minimum Gasteiger partial charge on any atom is -0.265 e. The highest BCUT2D eigenvalue weighted by atomic mass is 79.9. The van der Waals surface area contributed by atoms with Crippen LogP contribution in [0.1, 0.15) is 29.6 Å². The molecule has 3 nitrogen and oxygen atoms in total. The molecule has 0 aliphatic carbocycles. The summed E-state index contributed by atoms with van der Waals surface area (Å²) in [6, 6.07) is -0.129. The van der Waals surface area contributed by atoms with Crippen molar-refractivity contribution in [3.63, 3.8) is 0 Å². The van der Waals surface area contributed by atoms with E-state index in [4.69, 9.17) is 11.6 Å². The van der Waals surface area contributed by atoms with Gasteiger partial charge in [-0.25, -0.2) is 13.5 Å². The third kappa shape index (κ3) is 1.69. The molecule has 0 N–H and O–H groups in total. The van der Waals surface area contributed by atoms with Gasteiger partial charge in [-0.3, -0.25) is 4.99 Å². The second kappa shape index (κ2) is 3.83. The average molecular weight is 299 g/mol. The summed E-state index contributed by atoms with van der Waals surface area (Å²) in [4.78, 5) is 3.83. The summed E-state index contributed by atoms with van der Waals surface area (Å²) in [6.07, 6.45) is -1.46. The Morgan fingerprint density at radius 1 is 1.60 bits per heavy atom. The highest BCUT2D eigenvalue weighted by molar-refractivity contribution is 9.09. The van der Waals surface area contributed by atoms with Crippen LogP contribution in [0.4, 0.5) is 8.78 Å². The molecular formula is C8H7BrClF2N3. The zero-order valence-electron chi connectivity index (χ0n) is 7.66. The van der Waals surface area contributed by atoms with Crippen molar-refractivity contribution in [2.24, 2.45) is 4.99 Å². The topological polar surface area (TPSA) is 30.2 Å². The maximum atomic E-state index is 12.6. The molecule has 0 bridgehead atoms. The summed E-state index contributed by atoms with van der Waals surface area (Å²) in [5.41, 5.74) is 0.0201. The zero-order chi connectivity index (χ0) is 11.2. The Bertz CT molecular complexity index is 418. The summed E-state index contributed by atoms with van der Waals surface area (Å²) in [5, 5.41) is 3.97. The van der Waals surface area contributed by atoms with Crippen LogP contribution in [0.15, 0.2) is 11.2 Å². The lowest BCUT2D eigenvalue weighted by Gasteiger charge is -2.23. The van der Waals surface area contributed by atoms with Gasteiger partial charge in [0.05, 0.1) is 17.8 Å². The number of hydrogen-bond donors (Lipinski definition) is 0. The van der Waals surface area contributed by atoms with Gasteiger partial charge in [0.15, 0.2) is 0 Å². The normalized spacial score (nSPS) is 25.3. The van der Waals surface area contributed by atoms with Crippen LogP contribution in [-0.4, -0.2) is 21.0 Å². The molecule has 0 radical (unpaired) electrons. The van der Waals surface area contributed by atoms with Crippen LogP contribution in [-0.2, 0) is 0 Å². The smallest absolute Gasteiger partial charge is 0.265 e. The molecule has 2 atom stereocenters. The molecule has 0 saturated carbocycles. The quantitative estimate of drug-likeness (QED) is 0.733. The van der Waals surface area contributed by atoms with Crippen LogP contribution in [0.3, 0.4) is 0 Å². The first-order chi connectivity index (χ1) is 7.02. The predicted octanol–water partition coefficient (Wildman–Crippen LogP) is 3.10. The number of aliphatic imine (C=N–C) groups is 1. The maximum Gasteiger partial charge on any atom is 0.267 e. The van der Waals surface area contributed by atoms with Gasteiger partial charge in [-0.05, 0) is 6.92 Å². The van der Waals surface area contributed by atoms with E-state index in [0.29, 0.717) is 0 Å². The number of rotatable bonds is 1. The number of hydrogen-bond acceptors (Lipinski definition) is 2. The van der Waals surface area contributed by atoms with Crippen molar-refractivity contribution in [2.75, 3.05) is 0 Å². The van der Waals surface area contributed by atoms with E-state index >= 15 is 0 Å². The summed E-state index contributed by atoms with van der Waals surface area (Å²) >= 11 is 9.17. The number of nitrogens with zero attached hydrogens (tertiary/aromatic N) is 3. The van der Waals surface area contributed by atoms with Gasteiger partial charge in [-0.15, -0.1) is 0 Å². The van der Waals surface area contributed by atoms with Gasteiger partial charge in [0, 0.05) is 0 Å². The number of aromatic nitrogens is 2. The van der Waals surface area contributed by atoms with Gasteiger partial charge >= 0.3 is 0 Å². The fourth-order valence-corrected chi connectivity index (χ4v) is 2.22. The Hall–Kier alpha value is -0.490. The van der Waals surface area contributed by atoms with Crippen LogP contribution in [0.5, 0.6) is 0 Å². The van der Waals surface area contributed by atoms with Crippen molar-refractivity contribution in [1.82, 2.24) is 9.78 Å². The molecule has 0 amide bonds. The van der Waals surface area contributed by atoms with Crippen LogP contribution in [0.2, 0.25) is 0 Å². The molecule has 2 rings (SSSR count). The largest absolute Gasteiger partial charge is 0.267 e. The fourth-order valence-electron chi connectivity index (χ4n) is 1.44. The van der Waals surface area contributed by atoms with Gasteiger partial charge in [0.25, 0.3) is 6.43 Å². The first kappa shape index (κ1) is 11.0. The number of halogens is 4. The van der Waals surface area contributed by atoms with E-state index < -0.39 is 6.43 Å². The molecule has 0 fully saturated rings. The first-order valence-corrected chi connectivity index (χ1v) is 5.55. The molecule has 1 aliphatic heterocycles. The Morgan fingerprint density at radius 2 is 2.27 bits per heavy atom.